The quantitative estimate of drug-likeness (QED) is 0.440. The number of aromatic nitrogens is 1. The van der Waals surface area contributed by atoms with Gasteiger partial charge in [-0.15, -0.1) is 21.9 Å². The van der Waals surface area contributed by atoms with Gasteiger partial charge < -0.3 is 0 Å². The Labute approximate surface area is 62.5 Å². The van der Waals surface area contributed by atoms with E-state index in [0.29, 0.717) is 0 Å². The van der Waals surface area contributed by atoms with E-state index in [9.17, 15) is 0 Å². The van der Waals surface area contributed by atoms with Crippen LogP contribution in [-0.4, -0.2) is 4.98 Å². The molecule has 1 atom stereocenters. The number of pyridine rings is 1. The summed E-state index contributed by atoms with van der Waals surface area (Å²) in [5.41, 5.74) is 0.976. The Bertz CT molecular complexity index is 224. The van der Waals surface area contributed by atoms with Crippen molar-refractivity contribution in [2.75, 3.05) is 0 Å². The van der Waals surface area contributed by atoms with E-state index in [4.69, 9.17) is 0 Å². The van der Waals surface area contributed by atoms with Crippen molar-refractivity contribution in [3.8, 4) is 0 Å². The van der Waals surface area contributed by atoms with Gasteiger partial charge in [-0.2, -0.15) is 0 Å². The molecule has 0 N–H and O–H groups in total. The van der Waals surface area contributed by atoms with Crippen LogP contribution >= 0.6 is 21.9 Å². The van der Waals surface area contributed by atoms with E-state index < -0.39 is 0 Å². The van der Waals surface area contributed by atoms with E-state index in [1.807, 2.05) is 13.0 Å². The van der Waals surface area contributed by atoms with Crippen LogP contribution in [0.2, 0.25) is 0 Å². The molecule has 0 saturated heterocycles. The molecule has 0 saturated carbocycles. The van der Waals surface area contributed by atoms with Crippen LogP contribution in [-0.2, 0) is 0 Å². The maximum Gasteiger partial charge on any atom is 0.0506 e. The third-order valence-electron chi connectivity index (χ3n) is 1.08. The second kappa shape index (κ2) is 2.68. The molecule has 1 heterocycles. The Morgan fingerprint density at radius 2 is 2.33 bits per heavy atom. The number of hydrogen-bond donors (Lipinski definition) is 1. The highest BCUT2D eigenvalue weighted by Crippen LogP contribution is 2.07. The molecular weight excluding hydrogens is 149 g/mol. The number of nitrogens with zero attached hydrogens (tertiary/aromatic N) is 1. The molecule has 0 fully saturated rings. The minimum Gasteiger partial charge on any atom is -0.260 e. The van der Waals surface area contributed by atoms with Crippen molar-refractivity contribution in [3.05, 3.63) is 18.0 Å². The third kappa shape index (κ3) is 1.67. The first-order chi connectivity index (χ1) is 4.20. The van der Waals surface area contributed by atoms with Crippen LogP contribution in [0.4, 0.5) is 0 Å². The second-order valence-electron chi connectivity index (χ2n) is 1.87. The molecule has 3 heteroatoms. The van der Waals surface area contributed by atoms with Crippen molar-refractivity contribution in [2.24, 2.45) is 0 Å². The number of hydrogen-bond acceptors (Lipinski definition) is 2. The summed E-state index contributed by atoms with van der Waals surface area (Å²) in [6.45, 7) is 1.94. The number of aryl methyl sites for hydroxylation is 1. The van der Waals surface area contributed by atoms with Gasteiger partial charge >= 0.3 is 0 Å². The zero-order valence-corrected chi connectivity index (χ0v) is 7.18. The summed E-state index contributed by atoms with van der Waals surface area (Å²) >= 11 is 4.19. The maximum absolute atomic E-state index is 4.19. The van der Waals surface area contributed by atoms with Gasteiger partial charge in [-0.25, -0.2) is 0 Å². The Morgan fingerprint density at radius 1 is 1.67 bits per heavy atom. The van der Waals surface area contributed by atoms with E-state index in [2.05, 4.69) is 26.9 Å². The Kier molecular flexibility index (Phi) is 2.09. The fraction of sp³-hybridized carbons (Fsp3) is 0.167. The molecule has 1 aromatic rings. The molecule has 0 spiro atoms. The van der Waals surface area contributed by atoms with Gasteiger partial charge in [-0.1, -0.05) is 0 Å². The summed E-state index contributed by atoms with van der Waals surface area (Å²) in [4.78, 5) is 5.03. The molecule has 1 rings (SSSR count). The van der Waals surface area contributed by atoms with E-state index in [-0.39, 0.29) is 0 Å². The summed E-state index contributed by atoms with van der Waals surface area (Å²) in [7, 11) is 2.57. The summed E-state index contributed by atoms with van der Waals surface area (Å²) in [5.74, 6) is 0. The summed E-state index contributed by atoms with van der Waals surface area (Å²) in [6.07, 6.45) is 1.81. The molecule has 0 amide bonds. The van der Waals surface area contributed by atoms with Crippen LogP contribution in [0.25, 0.3) is 0 Å². The highest BCUT2D eigenvalue weighted by molar-refractivity contribution is 7.80. The molecule has 1 nitrogen and oxygen atoms in total. The van der Waals surface area contributed by atoms with Crippen LogP contribution in [0.15, 0.2) is 17.2 Å². The topological polar surface area (TPSA) is 12.9 Å². The first-order valence-corrected chi connectivity index (χ1v) is 3.63. The fourth-order valence-corrected chi connectivity index (χ4v) is 1.13. The van der Waals surface area contributed by atoms with Gasteiger partial charge in [0.1, 0.15) is 0 Å². The van der Waals surface area contributed by atoms with Crippen molar-refractivity contribution in [1.82, 2.24) is 4.98 Å². The van der Waals surface area contributed by atoms with Gasteiger partial charge in [0.15, 0.2) is 0 Å². The molecule has 9 heavy (non-hydrogen) atoms. The Morgan fingerprint density at radius 3 is 2.78 bits per heavy atom. The van der Waals surface area contributed by atoms with E-state index in [0.717, 1.165) is 15.9 Å². The predicted octanol–water partition coefficient (Wildman–Crippen LogP) is 1.18. The molecule has 0 aromatic carbocycles. The van der Waals surface area contributed by atoms with Crippen LogP contribution in [0.5, 0.6) is 0 Å². The van der Waals surface area contributed by atoms with Crippen molar-refractivity contribution < 1.29 is 0 Å². The van der Waals surface area contributed by atoms with E-state index in [1.54, 1.807) is 6.20 Å². The van der Waals surface area contributed by atoms with Gasteiger partial charge in [0.2, 0.25) is 0 Å². The van der Waals surface area contributed by atoms with Crippen molar-refractivity contribution in [3.63, 3.8) is 0 Å². The number of rotatable bonds is 0. The normalized spacial score (nSPS) is 9.67. The average molecular weight is 157 g/mol. The van der Waals surface area contributed by atoms with Crippen LogP contribution in [0.1, 0.15) is 5.69 Å². The number of thiol groups is 1. The van der Waals surface area contributed by atoms with E-state index in [1.165, 1.54) is 0 Å². The fourth-order valence-electron chi connectivity index (χ4n) is 0.537. The van der Waals surface area contributed by atoms with Crippen LogP contribution in [0.3, 0.4) is 0 Å². The molecule has 0 aliphatic carbocycles. The molecule has 0 bridgehead atoms. The molecule has 1 aromatic heterocycles. The smallest absolute Gasteiger partial charge is 0.0506 e. The van der Waals surface area contributed by atoms with E-state index >= 15 is 0 Å². The second-order valence-corrected chi connectivity index (χ2v) is 3.02. The van der Waals surface area contributed by atoms with Gasteiger partial charge in [-0.3, -0.25) is 4.98 Å². The monoisotopic (exact) mass is 157 g/mol. The van der Waals surface area contributed by atoms with Gasteiger partial charge in [0.05, 0.1) is 5.69 Å². The molecule has 1 unspecified atom stereocenters. The molecule has 0 aliphatic heterocycles. The SMILES string of the molecule is Cc1ncc(P)cc1S. The van der Waals surface area contributed by atoms with Crippen LogP contribution < -0.4 is 5.30 Å². The summed E-state index contributed by atoms with van der Waals surface area (Å²) < 4.78 is 0. The first-order valence-electron chi connectivity index (χ1n) is 2.61. The van der Waals surface area contributed by atoms with Gasteiger partial charge in [0.25, 0.3) is 0 Å². The minimum absolute atomic E-state index is 0.947. The average Bonchev–Trinajstić information content (AvgIpc) is 1.80. The lowest BCUT2D eigenvalue weighted by atomic mass is 10.4. The Balaban J connectivity index is 3.17. The summed E-state index contributed by atoms with van der Waals surface area (Å²) in [5, 5.41) is 1.07. The molecular formula is C6H8NPS. The van der Waals surface area contributed by atoms with Gasteiger partial charge in [0, 0.05) is 11.1 Å². The largest absolute Gasteiger partial charge is 0.260 e. The highest BCUT2D eigenvalue weighted by Gasteiger charge is 1.91. The van der Waals surface area contributed by atoms with Crippen molar-refractivity contribution >= 4 is 27.2 Å². The van der Waals surface area contributed by atoms with Gasteiger partial charge in [-0.05, 0) is 18.3 Å². The zero-order chi connectivity index (χ0) is 6.85. The Hall–Kier alpha value is -0.0700. The highest BCUT2D eigenvalue weighted by atomic mass is 32.1. The zero-order valence-electron chi connectivity index (χ0n) is 5.13. The predicted molar refractivity (Wildman–Crippen MR) is 45.6 cm³/mol. The lowest BCUT2D eigenvalue weighted by molar-refractivity contribution is 1.13. The molecule has 48 valence electrons. The molecule has 0 aliphatic rings. The third-order valence-corrected chi connectivity index (χ3v) is 1.85. The minimum atomic E-state index is 0.947. The first kappa shape index (κ1) is 7.04. The molecule has 0 radical (unpaired) electrons. The lowest BCUT2D eigenvalue weighted by Gasteiger charge is -1.96. The maximum atomic E-state index is 4.19. The standard InChI is InChI=1S/C6H8NPS/c1-4-6(9)2-5(8)3-7-4/h2-3,9H,8H2,1H3. The van der Waals surface area contributed by atoms with Crippen LogP contribution in [0, 0.1) is 6.92 Å². The van der Waals surface area contributed by atoms with Crippen molar-refractivity contribution in [1.29, 1.82) is 0 Å². The summed E-state index contributed by atoms with van der Waals surface area (Å²) in [6, 6.07) is 1.97. The van der Waals surface area contributed by atoms with Crippen molar-refractivity contribution in [2.45, 2.75) is 11.8 Å². The lowest BCUT2D eigenvalue weighted by Crippen LogP contribution is -1.94.